The highest BCUT2D eigenvalue weighted by molar-refractivity contribution is 9.10. The van der Waals surface area contributed by atoms with Crippen molar-refractivity contribution >= 4 is 21.8 Å². The summed E-state index contributed by atoms with van der Waals surface area (Å²) in [6.07, 6.45) is 0. The molecule has 0 aliphatic heterocycles. The minimum Gasteiger partial charge on any atom is -0.366 e. The molecule has 1 heterocycles. The molecule has 0 saturated heterocycles. The molecule has 0 aliphatic rings. The minimum atomic E-state index is -0.447. The fourth-order valence-electron chi connectivity index (χ4n) is 1.97. The maximum Gasteiger partial charge on any atom is 0.248 e. The highest BCUT2D eigenvalue weighted by Gasteiger charge is 2.09. The molecular weight excluding hydrogens is 356 g/mol. The van der Waals surface area contributed by atoms with Gasteiger partial charge in [0.2, 0.25) is 5.91 Å². The van der Waals surface area contributed by atoms with E-state index in [-0.39, 0.29) is 0 Å². The smallest absolute Gasteiger partial charge is 0.248 e. The Morgan fingerprint density at radius 2 is 1.57 bits per heavy atom. The lowest BCUT2D eigenvalue weighted by molar-refractivity contribution is 0.100. The van der Waals surface area contributed by atoms with Crippen LogP contribution in [-0.2, 0) is 0 Å². The third-order valence-corrected chi connectivity index (χ3v) is 3.63. The first-order valence-electron chi connectivity index (χ1n) is 7.26. The van der Waals surface area contributed by atoms with Crippen LogP contribution >= 0.6 is 15.9 Å². The van der Waals surface area contributed by atoms with Crippen LogP contribution in [0.5, 0.6) is 0 Å². The quantitative estimate of drug-likeness (QED) is 0.710. The lowest BCUT2D eigenvalue weighted by Crippen LogP contribution is -2.10. The number of carbonyl (C=O) groups excluding carboxylic acids is 1. The van der Waals surface area contributed by atoms with Crippen molar-refractivity contribution in [3.8, 4) is 22.6 Å². The van der Waals surface area contributed by atoms with Gasteiger partial charge in [0.05, 0.1) is 0 Å². The standard InChI is InChI=1S/C16H11BrN2O2.C2H6/c17-13-7-5-11(6-8-13)15-9-14(19-21-15)10-1-3-12(4-2-10)16(18)20;1-2/h1-9H,(H2,18,20);1-2H3. The molecule has 2 aromatic carbocycles. The van der Waals surface area contributed by atoms with Crippen LogP contribution < -0.4 is 5.73 Å². The third kappa shape index (κ3) is 4.07. The van der Waals surface area contributed by atoms with E-state index in [1.807, 2.05) is 44.2 Å². The molecule has 0 saturated carbocycles. The molecule has 0 atom stereocenters. The van der Waals surface area contributed by atoms with Gasteiger partial charge in [-0.15, -0.1) is 0 Å². The fraction of sp³-hybridized carbons (Fsp3) is 0.111. The highest BCUT2D eigenvalue weighted by Crippen LogP contribution is 2.27. The summed E-state index contributed by atoms with van der Waals surface area (Å²) >= 11 is 3.39. The summed E-state index contributed by atoms with van der Waals surface area (Å²) in [6.45, 7) is 4.00. The van der Waals surface area contributed by atoms with Gasteiger partial charge in [-0.1, -0.05) is 59.2 Å². The van der Waals surface area contributed by atoms with E-state index in [1.54, 1.807) is 24.3 Å². The second-order valence-corrected chi connectivity index (χ2v) is 5.44. The molecule has 0 spiro atoms. The van der Waals surface area contributed by atoms with Gasteiger partial charge < -0.3 is 10.3 Å². The summed E-state index contributed by atoms with van der Waals surface area (Å²) in [4.78, 5) is 11.0. The van der Waals surface area contributed by atoms with Crippen LogP contribution in [0.4, 0.5) is 0 Å². The zero-order chi connectivity index (χ0) is 16.8. The first kappa shape index (κ1) is 17.0. The molecule has 23 heavy (non-hydrogen) atoms. The largest absolute Gasteiger partial charge is 0.366 e. The zero-order valence-corrected chi connectivity index (χ0v) is 14.5. The van der Waals surface area contributed by atoms with E-state index in [0.717, 1.165) is 15.6 Å². The Morgan fingerprint density at radius 3 is 2.13 bits per heavy atom. The lowest BCUT2D eigenvalue weighted by Gasteiger charge is -1.97. The first-order valence-corrected chi connectivity index (χ1v) is 8.06. The average Bonchev–Trinajstić information content (AvgIpc) is 3.07. The van der Waals surface area contributed by atoms with E-state index in [4.69, 9.17) is 10.3 Å². The molecule has 3 rings (SSSR count). The minimum absolute atomic E-state index is 0.447. The third-order valence-electron chi connectivity index (χ3n) is 3.10. The van der Waals surface area contributed by atoms with Crippen LogP contribution in [0.25, 0.3) is 22.6 Å². The SMILES string of the molecule is CC.NC(=O)c1ccc(-c2cc(-c3ccc(Br)cc3)on2)cc1. The second kappa shape index (κ2) is 7.74. The van der Waals surface area contributed by atoms with Gasteiger partial charge in [0.1, 0.15) is 5.69 Å². The van der Waals surface area contributed by atoms with Crippen LogP contribution in [0.3, 0.4) is 0 Å². The van der Waals surface area contributed by atoms with Gasteiger partial charge in [-0.3, -0.25) is 4.79 Å². The molecule has 0 radical (unpaired) electrons. The number of nitrogens with two attached hydrogens (primary N) is 1. The molecular formula is C18H17BrN2O2. The van der Waals surface area contributed by atoms with Crippen molar-refractivity contribution < 1.29 is 9.32 Å². The first-order chi connectivity index (χ1) is 11.1. The summed E-state index contributed by atoms with van der Waals surface area (Å²) in [6, 6.07) is 16.6. The topological polar surface area (TPSA) is 69.1 Å². The zero-order valence-electron chi connectivity index (χ0n) is 12.9. The summed E-state index contributed by atoms with van der Waals surface area (Å²) in [5, 5.41) is 4.06. The Morgan fingerprint density at radius 1 is 1.00 bits per heavy atom. The molecule has 0 aliphatic carbocycles. The van der Waals surface area contributed by atoms with Gasteiger partial charge in [-0.2, -0.15) is 0 Å². The predicted molar refractivity (Wildman–Crippen MR) is 94.9 cm³/mol. The number of nitrogens with zero attached hydrogens (tertiary/aromatic N) is 1. The molecule has 2 N–H and O–H groups in total. The number of benzene rings is 2. The van der Waals surface area contributed by atoms with Crippen LogP contribution in [0.15, 0.2) is 63.6 Å². The van der Waals surface area contributed by atoms with Crippen molar-refractivity contribution in [1.29, 1.82) is 0 Å². The van der Waals surface area contributed by atoms with Crippen molar-refractivity contribution in [2.45, 2.75) is 13.8 Å². The van der Waals surface area contributed by atoms with E-state index in [2.05, 4.69) is 21.1 Å². The molecule has 0 bridgehead atoms. The van der Waals surface area contributed by atoms with Gasteiger partial charge in [0.25, 0.3) is 0 Å². The normalized spacial score (nSPS) is 9.87. The van der Waals surface area contributed by atoms with Gasteiger partial charge in [0.15, 0.2) is 5.76 Å². The predicted octanol–water partition coefficient (Wildman–Crippen LogP) is 4.90. The van der Waals surface area contributed by atoms with Crippen molar-refractivity contribution in [2.24, 2.45) is 5.73 Å². The van der Waals surface area contributed by atoms with E-state index >= 15 is 0 Å². The van der Waals surface area contributed by atoms with Gasteiger partial charge in [-0.05, 0) is 24.3 Å². The van der Waals surface area contributed by atoms with E-state index in [9.17, 15) is 4.79 Å². The Bertz CT molecular complexity index is 778. The number of halogens is 1. The molecule has 3 aromatic rings. The Labute approximate surface area is 143 Å². The molecule has 1 amide bonds. The van der Waals surface area contributed by atoms with Crippen molar-refractivity contribution in [1.82, 2.24) is 5.16 Å². The van der Waals surface area contributed by atoms with Gasteiger partial charge >= 0.3 is 0 Å². The maximum absolute atomic E-state index is 11.0. The Balaban J connectivity index is 0.000000924. The summed E-state index contributed by atoms with van der Waals surface area (Å²) in [5.74, 6) is 0.244. The number of carbonyl (C=O) groups is 1. The maximum atomic E-state index is 11.0. The number of hydrogen-bond acceptors (Lipinski definition) is 3. The van der Waals surface area contributed by atoms with E-state index in [0.29, 0.717) is 17.0 Å². The molecule has 4 nitrogen and oxygen atoms in total. The average molecular weight is 373 g/mol. The number of rotatable bonds is 3. The molecule has 0 fully saturated rings. The molecule has 0 unspecified atom stereocenters. The monoisotopic (exact) mass is 372 g/mol. The Hall–Kier alpha value is -2.40. The number of amides is 1. The van der Waals surface area contributed by atoms with Gasteiger partial charge in [-0.25, -0.2) is 0 Å². The number of primary amides is 1. The van der Waals surface area contributed by atoms with E-state index in [1.165, 1.54) is 0 Å². The van der Waals surface area contributed by atoms with Crippen LogP contribution in [-0.4, -0.2) is 11.1 Å². The summed E-state index contributed by atoms with van der Waals surface area (Å²) in [7, 11) is 0. The number of aromatic nitrogens is 1. The van der Waals surface area contributed by atoms with Crippen molar-refractivity contribution in [3.05, 3.63) is 64.6 Å². The summed E-state index contributed by atoms with van der Waals surface area (Å²) < 4.78 is 6.37. The molecule has 1 aromatic heterocycles. The Kier molecular flexibility index (Phi) is 5.71. The second-order valence-electron chi connectivity index (χ2n) is 4.52. The summed E-state index contributed by atoms with van der Waals surface area (Å²) in [5.41, 5.74) is 8.22. The number of hydrogen-bond donors (Lipinski definition) is 1. The fourth-order valence-corrected chi connectivity index (χ4v) is 2.23. The van der Waals surface area contributed by atoms with Crippen LogP contribution in [0.2, 0.25) is 0 Å². The van der Waals surface area contributed by atoms with Crippen LogP contribution in [0, 0.1) is 0 Å². The van der Waals surface area contributed by atoms with Crippen molar-refractivity contribution in [3.63, 3.8) is 0 Å². The van der Waals surface area contributed by atoms with Gasteiger partial charge in [0, 0.05) is 27.2 Å². The highest BCUT2D eigenvalue weighted by atomic mass is 79.9. The molecule has 5 heteroatoms. The molecule has 118 valence electrons. The van der Waals surface area contributed by atoms with E-state index < -0.39 is 5.91 Å². The van der Waals surface area contributed by atoms with Crippen molar-refractivity contribution in [2.75, 3.05) is 0 Å². The van der Waals surface area contributed by atoms with Crippen LogP contribution in [0.1, 0.15) is 24.2 Å². The lowest BCUT2D eigenvalue weighted by atomic mass is 10.1.